The third-order valence-electron chi connectivity index (χ3n) is 4.03. The number of carboxylic acids is 1. The normalized spacial score (nSPS) is 12.2. The lowest BCUT2D eigenvalue weighted by Crippen LogP contribution is -2.34. The Morgan fingerprint density at radius 3 is 2.15 bits per heavy atom. The molecule has 7 nitrogen and oxygen atoms in total. The number of methoxy groups -OCH3 is 1. The van der Waals surface area contributed by atoms with Gasteiger partial charge in [-0.1, -0.05) is 31.2 Å². The number of hydrogen-bond donors (Lipinski definition) is 2. The highest BCUT2D eigenvalue weighted by molar-refractivity contribution is 7.91. The van der Waals surface area contributed by atoms with E-state index in [2.05, 4.69) is 5.32 Å². The molecule has 0 bridgehead atoms. The lowest BCUT2D eigenvalue weighted by molar-refractivity contribution is -0.142. The standard InChI is InChI=1S/C19H21NO6S/c1-3-27(24,25)16-10-4-13(5-11-16)12-17(21)20-18(19(22)23)14-6-8-15(26-2)9-7-14/h4-11,18H,3,12H2,1-2H3,(H,20,21)(H,22,23). The van der Waals surface area contributed by atoms with Gasteiger partial charge in [0.25, 0.3) is 0 Å². The quantitative estimate of drug-likeness (QED) is 0.712. The fourth-order valence-electron chi connectivity index (χ4n) is 2.46. The molecule has 8 heteroatoms. The number of aliphatic carboxylic acids is 1. The molecule has 0 aliphatic rings. The van der Waals surface area contributed by atoms with Crippen LogP contribution in [0.3, 0.4) is 0 Å². The summed E-state index contributed by atoms with van der Waals surface area (Å²) in [5.74, 6) is -1.09. The summed E-state index contributed by atoms with van der Waals surface area (Å²) < 4.78 is 28.6. The molecule has 2 N–H and O–H groups in total. The third-order valence-corrected chi connectivity index (χ3v) is 5.78. The summed E-state index contributed by atoms with van der Waals surface area (Å²) >= 11 is 0. The van der Waals surface area contributed by atoms with Gasteiger partial charge < -0.3 is 15.2 Å². The molecule has 144 valence electrons. The molecule has 0 heterocycles. The van der Waals surface area contributed by atoms with Crippen LogP contribution in [0.15, 0.2) is 53.4 Å². The van der Waals surface area contributed by atoms with Gasteiger partial charge in [-0.25, -0.2) is 13.2 Å². The number of carboxylic acid groups (broad SMARTS) is 1. The van der Waals surface area contributed by atoms with Crippen LogP contribution in [0.5, 0.6) is 5.75 Å². The fourth-order valence-corrected chi connectivity index (χ4v) is 3.35. The number of carbonyl (C=O) groups excluding carboxylic acids is 1. The van der Waals surface area contributed by atoms with Crippen LogP contribution in [-0.4, -0.2) is 38.3 Å². The molecule has 0 saturated carbocycles. The molecule has 1 unspecified atom stereocenters. The van der Waals surface area contributed by atoms with E-state index in [1.807, 2.05) is 0 Å². The first-order valence-electron chi connectivity index (χ1n) is 8.24. The molecule has 2 rings (SSSR count). The minimum Gasteiger partial charge on any atom is -0.497 e. The van der Waals surface area contributed by atoms with Crippen molar-refractivity contribution in [2.24, 2.45) is 0 Å². The van der Waals surface area contributed by atoms with Crippen molar-refractivity contribution in [3.63, 3.8) is 0 Å². The highest BCUT2D eigenvalue weighted by atomic mass is 32.2. The van der Waals surface area contributed by atoms with Gasteiger partial charge in [-0.3, -0.25) is 4.79 Å². The van der Waals surface area contributed by atoms with Crippen molar-refractivity contribution in [2.45, 2.75) is 24.3 Å². The van der Waals surface area contributed by atoms with Gasteiger partial charge in [-0.15, -0.1) is 0 Å². The van der Waals surface area contributed by atoms with Crippen molar-refractivity contribution in [3.8, 4) is 5.75 Å². The van der Waals surface area contributed by atoms with Crippen LogP contribution in [0.4, 0.5) is 0 Å². The molecule has 1 amide bonds. The SMILES string of the molecule is CCS(=O)(=O)c1ccc(CC(=O)NC(C(=O)O)c2ccc(OC)cc2)cc1. The van der Waals surface area contributed by atoms with E-state index in [1.165, 1.54) is 19.2 Å². The minimum absolute atomic E-state index is 0.00497. The van der Waals surface area contributed by atoms with Gasteiger partial charge in [-0.05, 0) is 35.4 Å². The Bertz CT molecular complexity index is 904. The van der Waals surface area contributed by atoms with E-state index >= 15 is 0 Å². The Balaban J connectivity index is 2.08. The first-order valence-corrected chi connectivity index (χ1v) is 9.90. The van der Waals surface area contributed by atoms with Crippen LogP contribution in [0, 0.1) is 0 Å². The van der Waals surface area contributed by atoms with Crippen LogP contribution in [-0.2, 0) is 25.8 Å². The van der Waals surface area contributed by atoms with Gasteiger partial charge in [0.05, 0.1) is 24.2 Å². The van der Waals surface area contributed by atoms with E-state index in [0.29, 0.717) is 16.9 Å². The van der Waals surface area contributed by atoms with Gasteiger partial charge in [0.1, 0.15) is 5.75 Å². The maximum Gasteiger partial charge on any atom is 0.330 e. The van der Waals surface area contributed by atoms with E-state index in [9.17, 15) is 23.1 Å². The highest BCUT2D eigenvalue weighted by Gasteiger charge is 2.22. The Kier molecular flexibility index (Phi) is 6.57. The van der Waals surface area contributed by atoms with E-state index in [-0.39, 0.29) is 17.1 Å². The molecule has 0 saturated heterocycles. The molecular formula is C19H21NO6S. The van der Waals surface area contributed by atoms with Crippen molar-refractivity contribution in [3.05, 3.63) is 59.7 Å². The summed E-state index contributed by atoms with van der Waals surface area (Å²) in [4.78, 5) is 24.0. The highest BCUT2D eigenvalue weighted by Crippen LogP contribution is 2.18. The lowest BCUT2D eigenvalue weighted by Gasteiger charge is -2.15. The van der Waals surface area contributed by atoms with Crippen LogP contribution in [0.1, 0.15) is 24.1 Å². The molecule has 2 aromatic carbocycles. The molecular weight excluding hydrogens is 370 g/mol. The third kappa shape index (κ3) is 5.30. The molecule has 0 radical (unpaired) electrons. The zero-order valence-corrected chi connectivity index (χ0v) is 15.8. The molecule has 0 aliphatic heterocycles. The summed E-state index contributed by atoms with van der Waals surface area (Å²) in [6.45, 7) is 1.56. The van der Waals surface area contributed by atoms with Crippen LogP contribution < -0.4 is 10.1 Å². The predicted octanol–water partition coefficient (Wildman–Crippen LogP) is 1.97. The number of amides is 1. The number of carbonyl (C=O) groups is 2. The largest absolute Gasteiger partial charge is 0.497 e. The maximum atomic E-state index is 12.2. The number of ether oxygens (including phenoxy) is 1. The lowest BCUT2D eigenvalue weighted by atomic mass is 10.1. The van der Waals surface area contributed by atoms with E-state index in [4.69, 9.17) is 4.74 Å². The van der Waals surface area contributed by atoms with Crippen molar-refractivity contribution in [1.29, 1.82) is 0 Å². The van der Waals surface area contributed by atoms with Gasteiger partial charge in [-0.2, -0.15) is 0 Å². The fraction of sp³-hybridized carbons (Fsp3) is 0.263. The zero-order chi connectivity index (χ0) is 20.0. The molecule has 0 aliphatic carbocycles. The molecule has 27 heavy (non-hydrogen) atoms. The number of sulfone groups is 1. The van der Waals surface area contributed by atoms with E-state index in [1.54, 1.807) is 43.3 Å². The topological polar surface area (TPSA) is 110 Å². The second kappa shape index (κ2) is 8.68. The maximum absolute atomic E-state index is 12.2. The van der Waals surface area contributed by atoms with E-state index < -0.39 is 27.8 Å². The second-order valence-corrected chi connectivity index (χ2v) is 8.11. The smallest absolute Gasteiger partial charge is 0.330 e. The first-order chi connectivity index (χ1) is 12.8. The number of rotatable bonds is 8. The van der Waals surface area contributed by atoms with Gasteiger partial charge in [0.2, 0.25) is 5.91 Å². The summed E-state index contributed by atoms with van der Waals surface area (Å²) in [5.41, 5.74) is 1.00. The van der Waals surface area contributed by atoms with Crippen molar-refractivity contribution in [1.82, 2.24) is 5.32 Å². The van der Waals surface area contributed by atoms with E-state index in [0.717, 1.165) is 0 Å². The Morgan fingerprint density at radius 1 is 1.07 bits per heavy atom. The van der Waals surface area contributed by atoms with Crippen LogP contribution >= 0.6 is 0 Å². The number of hydrogen-bond acceptors (Lipinski definition) is 5. The molecule has 1 atom stereocenters. The Labute approximate surface area is 157 Å². The van der Waals surface area contributed by atoms with Gasteiger partial charge in [0.15, 0.2) is 15.9 Å². The van der Waals surface area contributed by atoms with Crippen molar-refractivity contribution in [2.75, 3.05) is 12.9 Å². The zero-order valence-electron chi connectivity index (χ0n) is 15.0. The predicted molar refractivity (Wildman–Crippen MR) is 99.4 cm³/mol. The number of benzene rings is 2. The Hall–Kier alpha value is -2.87. The minimum atomic E-state index is -3.30. The Morgan fingerprint density at radius 2 is 1.67 bits per heavy atom. The summed E-state index contributed by atoms with van der Waals surface area (Å²) in [6, 6.07) is 11.2. The summed E-state index contributed by atoms with van der Waals surface area (Å²) in [6.07, 6.45) is -0.0631. The van der Waals surface area contributed by atoms with Gasteiger partial charge >= 0.3 is 5.97 Å². The second-order valence-electron chi connectivity index (χ2n) is 5.84. The molecule has 0 aromatic heterocycles. The average Bonchev–Trinajstić information content (AvgIpc) is 2.66. The molecule has 2 aromatic rings. The van der Waals surface area contributed by atoms with Crippen LogP contribution in [0.2, 0.25) is 0 Å². The van der Waals surface area contributed by atoms with Crippen molar-refractivity contribution >= 4 is 21.7 Å². The summed E-state index contributed by atoms with van der Waals surface area (Å²) in [7, 11) is -1.80. The molecule has 0 fully saturated rings. The summed E-state index contributed by atoms with van der Waals surface area (Å²) in [5, 5.41) is 11.9. The van der Waals surface area contributed by atoms with Crippen molar-refractivity contribution < 1.29 is 27.9 Å². The monoisotopic (exact) mass is 391 g/mol. The van der Waals surface area contributed by atoms with Gasteiger partial charge in [0, 0.05) is 0 Å². The molecule has 0 spiro atoms. The average molecular weight is 391 g/mol. The number of nitrogens with one attached hydrogen (secondary N) is 1. The first kappa shape index (κ1) is 20.4. The van der Waals surface area contributed by atoms with Crippen LogP contribution in [0.25, 0.3) is 0 Å².